The molecule has 3 unspecified atom stereocenters. The molecule has 0 bridgehead atoms. The summed E-state index contributed by atoms with van der Waals surface area (Å²) in [6.45, 7) is 7.37. The van der Waals surface area contributed by atoms with Crippen LogP contribution in [0.4, 0.5) is 0 Å². The Morgan fingerprint density at radius 3 is 2.73 bits per heavy atom. The number of aliphatic hydroxyl groups excluding tert-OH is 1. The minimum atomic E-state index is -0.0988. The predicted molar refractivity (Wildman–Crippen MR) is 90.6 cm³/mol. The molecule has 122 valence electrons. The first kappa shape index (κ1) is 16.0. The second-order valence-corrected chi connectivity index (χ2v) is 7.63. The lowest BCUT2D eigenvalue weighted by atomic mass is 9.88. The smallest absolute Gasteiger partial charge is 0.0571 e. The molecule has 0 amide bonds. The van der Waals surface area contributed by atoms with Crippen molar-refractivity contribution in [2.24, 2.45) is 17.6 Å². The predicted octanol–water partition coefficient (Wildman–Crippen LogP) is 2.61. The van der Waals surface area contributed by atoms with E-state index < -0.39 is 0 Å². The Hall–Kier alpha value is -0.900. The Morgan fingerprint density at radius 1 is 1.27 bits per heavy atom. The molecule has 1 aliphatic heterocycles. The van der Waals surface area contributed by atoms with Crippen molar-refractivity contribution in [3.8, 4) is 0 Å². The lowest BCUT2D eigenvalue weighted by Gasteiger charge is -2.37. The topological polar surface area (TPSA) is 49.5 Å². The normalized spacial score (nSPS) is 27.8. The van der Waals surface area contributed by atoms with Gasteiger partial charge in [0.15, 0.2) is 0 Å². The molecule has 2 aliphatic rings. The van der Waals surface area contributed by atoms with Crippen LogP contribution in [0.25, 0.3) is 0 Å². The van der Waals surface area contributed by atoms with E-state index in [9.17, 15) is 5.11 Å². The maximum Gasteiger partial charge on any atom is 0.0571 e. The van der Waals surface area contributed by atoms with Crippen LogP contribution in [0.1, 0.15) is 42.4 Å². The Bertz CT molecular complexity index is 512. The summed E-state index contributed by atoms with van der Waals surface area (Å²) in [7, 11) is 0. The molecular formula is C19H30N2O. The molecular weight excluding hydrogens is 272 g/mol. The Morgan fingerprint density at radius 2 is 2.05 bits per heavy atom. The van der Waals surface area contributed by atoms with Crippen LogP contribution in [-0.4, -0.2) is 35.2 Å². The second-order valence-electron chi connectivity index (χ2n) is 7.63. The van der Waals surface area contributed by atoms with Gasteiger partial charge in [0.2, 0.25) is 0 Å². The number of benzene rings is 1. The summed E-state index contributed by atoms with van der Waals surface area (Å²) in [5, 5.41) is 10.2. The van der Waals surface area contributed by atoms with Gasteiger partial charge in [0, 0.05) is 25.7 Å². The highest BCUT2D eigenvalue weighted by Gasteiger charge is 2.33. The maximum atomic E-state index is 10.2. The molecule has 1 aromatic rings. The molecule has 1 saturated carbocycles. The summed E-state index contributed by atoms with van der Waals surface area (Å²) in [6.07, 6.45) is 4.33. The number of aliphatic hydroxyl groups is 1. The van der Waals surface area contributed by atoms with Gasteiger partial charge in [0.05, 0.1) is 6.10 Å². The number of rotatable bonds is 5. The third-order valence-corrected chi connectivity index (χ3v) is 5.28. The van der Waals surface area contributed by atoms with Crippen LogP contribution >= 0.6 is 0 Å². The second kappa shape index (κ2) is 6.69. The molecule has 3 atom stereocenters. The van der Waals surface area contributed by atoms with Gasteiger partial charge in [-0.3, -0.25) is 4.90 Å². The molecule has 3 nitrogen and oxygen atoms in total. The monoisotopic (exact) mass is 302 g/mol. The quantitative estimate of drug-likeness (QED) is 0.879. The molecule has 0 spiro atoms. The van der Waals surface area contributed by atoms with Crippen molar-refractivity contribution in [3.05, 3.63) is 34.9 Å². The number of hydrogen-bond donors (Lipinski definition) is 2. The van der Waals surface area contributed by atoms with Crippen molar-refractivity contribution in [3.63, 3.8) is 0 Å². The minimum absolute atomic E-state index is 0.0988. The van der Waals surface area contributed by atoms with Gasteiger partial charge >= 0.3 is 0 Å². The average molecular weight is 302 g/mol. The van der Waals surface area contributed by atoms with Crippen LogP contribution in [0.2, 0.25) is 0 Å². The number of aryl methyl sites for hydroxylation is 2. The van der Waals surface area contributed by atoms with Crippen LogP contribution in [0, 0.1) is 25.7 Å². The molecule has 0 radical (unpaired) electrons. The number of piperidine rings is 1. The maximum absolute atomic E-state index is 10.2. The molecule has 1 aromatic carbocycles. The fourth-order valence-electron chi connectivity index (χ4n) is 3.93. The first-order chi connectivity index (χ1) is 10.5. The Labute approximate surface area is 134 Å². The first-order valence-electron chi connectivity index (χ1n) is 8.73. The van der Waals surface area contributed by atoms with E-state index >= 15 is 0 Å². The standard InChI is InChI=1S/C19H30N2O/c1-13-3-4-17(14(2)7-13)11-21-10-15(8-18(20)12-21)9-19(22)16-5-6-16/h3-4,7,15-16,18-19,22H,5-6,8-12,20H2,1-2H3. The summed E-state index contributed by atoms with van der Waals surface area (Å²) in [6, 6.07) is 6.95. The van der Waals surface area contributed by atoms with Crippen molar-refractivity contribution in [1.82, 2.24) is 4.90 Å². The van der Waals surface area contributed by atoms with E-state index in [2.05, 4.69) is 36.9 Å². The van der Waals surface area contributed by atoms with Crippen LogP contribution in [-0.2, 0) is 6.54 Å². The van der Waals surface area contributed by atoms with E-state index in [1.54, 1.807) is 0 Å². The van der Waals surface area contributed by atoms with Crippen LogP contribution in [0.5, 0.6) is 0 Å². The van der Waals surface area contributed by atoms with Gasteiger partial charge in [-0.1, -0.05) is 23.8 Å². The number of hydrogen-bond acceptors (Lipinski definition) is 3. The van der Waals surface area contributed by atoms with Gasteiger partial charge in [-0.05, 0) is 62.5 Å². The van der Waals surface area contributed by atoms with E-state index in [4.69, 9.17) is 5.73 Å². The first-order valence-corrected chi connectivity index (χ1v) is 8.73. The molecule has 3 N–H and O–H groups in total. The summed E-state index contributed by atoms with van der Waals surface area (Å²) in [5.41, 5.74) is 10.4. The molecule has 1 saturated heterocycles. The Kier molecular flexibility index (Phi) is 4.86. The zero-order valence-corrected chi connectivity index (χ0v) is 14.0. The summed E-state index contributed by atoms with van der Waals surface area (Å²) >= 11 is 0. The van der Waals surface area contributed by atoms with E-state index in [0.717, 1.165) is 32.5 Å². The van der Waals surface area contributed by atoms with Gasteiger partial charge < -0.3 is 10.8 Å². The zero-order chi connectivity index (χ0) is 15.7. The third kappa shape index (κ3) is 4.09. The molecule has 0 aromatic heterocycles. The molecule has 1 aliphatic carbocycles. The highest BCUT2D eigenvalue weighted by Crippen LogP contribution is 2.36. The zero-order valence-electron chi connectivity index (χ0n) is 14.0. The van der Waals surface area contributed by atoms with Crippen molar-refractivity contribution < 1.29 is 5.11 Å². The van der Waals surface area contributed by atoms with Crippen molar-refractivity contribution in [1.29, 1.82) is 0 Å². The number of nitrogens with zero attached hydrogens (tertiary/aromatic N) is 1. The summed E-state index contributed by atoms with van der Waals surface area (Å²) in [5.74, 6) is 1.12. The van der Waals surface area contributed by atoms with Gasteiger partial charge in [-0.15, -0.1) is 0 Å². The van der Waals surface area contributed by atoms with E-state index in [-0.39, 0.29) is 12.1 Å². The number of likely N-dealkylation sites (tertiary alicyclic amines) is 1. The van der Waals surface area contributed by atoms with E-state index in [1.165, 1.54) is 29.5 Å². The van der Waals surface area contributed by atoms with E-state index in [0.29, 0.717) is 11.8 Å². The summed E-state index contributed by atoms with van der Waals surface area (Å²) < 4.78 is 0. The van der Waals surface area contributed by atoms with Gasteiger partial charge in [0.25, 0.3) is 0 Å². The van der Waals surface area contributed by atoms with Gasteiger partial charge in [-0.2, -0.15) is 0 Å². The largest absolute Gasteiger partial charge is 0.393 e. The van der Waals surface area contributed by atoms with Crippen LogP contribution in [0.15, 0.2) is 18.2 Å². The van der Waals surface area contributed by atoms with Crippen molar-refractivity contribution >= 4 is 0 Å². The van der Waals surface area contributed by atoms with Crippen LogP contribution in [0.3, 0.4) is 0 Å². The lowest BCUT2D eigenvalue weighted by molar-refractivity contribution is 0.0780. The molecule has 3 heteroatoms. The Balaban J connectivity index is 1.60. The molecule has 22 heavy (non-hydrogen) atoms. The van der Waals surface area contributed by atoms with Crippen LogP contribution < -0.4 is 5.73 Å². The molecule has 2 fully saturated rings. The molecule has 3 rings (SSSR count). The highest BCUT2D eigenvalue weighted by molar-refractivity contribution is 5.30. The van der Waals surface area contributed by atoms with Gasteiger partial charge in [0.1, 0.15) is 0 Å². The fourth-order valence-corrected chi connectivity index (χ4v) is 3.93. The van der Waals surface area contributed by atoms with Crippen molar-refractivity contribution in [2.75, 3.05) is 13.1 Å². The SMILES string of the molecule is Cc1ccc(CN2CC(N)CC(CC(O)C3CC3)C2)c(C)c1. The fraction of sp³-hybridized carbons (Fsp3) is 0.684. The summed E-state index contributed by atoms with van der Waals surface area (Å²) in [4.78, 5) is 2.48. The van der Waals surface area contributed by atoms with Gasteiger partial charge in [-0.25, -0.2) is 0 Å². The minimum Gasteiger partial charge on any atom is -0.393 e. The number of nitrogens with two attached hydrogens (primary N) is 1. The average Bonchev–Trinajstić information content (AvgIpc) is 3.26. The van der Waals surface area contributed by atoms with E-state index in [1.807, 2.05) is 0 Å². The molecule has 1 heterocycles. The third-order valence-electron chi connectivity index (χ3n) is 5.28. The highest BCUT2D eigenvalue weighted by atomic mass is 16.3. The lowest BCUT2D eigenvalue weighted by Crippen LogP contribution is -2.47. The van der Waals surface area contributed by atoms with Crippen molar-refractivity contribution in [2.45, 2.75) is 58.2 Å².